The summed E-state index contributed by atoms with van der Waals surface area (Å²) in [5, 5.41) is 1.16. The highest BCUT2D eigenvalue weighted by Crippen LogP contribution is 2.41. The molecule has 6 nitrogen and oxygen atoms in total. The van der Waals surface area contributed by atoms with Crippen LogP contribution in [0, 0.1) is 0 Å². The topological polar surface area (TPSA) is 57.3 Å². The van der Waals surface area contributed by atoms with Crippen LogP contribution >= 0.6 is 0 Å². The Morgan fingerprint density at radius 3 is 2.71 bits per heavy atom. The number of morpholine rings is 1. The van der Waals surface area contributed by atoms with Gasteiger partial charge in [0.05, 0.1) is 30.5 Å². The van der Waals surface area contributed by atoms with Crippen LogP contribution in [0.5, 0.6) is 0 Å². The van der Waals surface area contributed by atoms with E-state index in [1.807, 2.05) is 6.20 Å². The Morgan fingerprint density at radius 2 is 1.89 bits per heavy atom. The summed E-state index contributed by atoms with van der Waals surface area (Å²) in [6.07, 6.45) is 2.93. The smallest absolute Gasteiger partial charge is 0.162 e. The van der Waals surface area contributed by atoms with Crippen molar-refractivity contribution in [2.75, 3.05) is 31.2 Å². The Hall–Kier alpha value is -3.22. The molecule has 35 heavy (non-hydrogen) atoms. The second kappa shape index (κ2) is 8.77. The Morgan fingerprint density at radius 1 is 1.03 bits per heavy atom. The molecule has 0 aliphatic carbocycles. The molecular formula is C29H33N5O. The highest BCUT2D eigenvalue weighted by molar-refractivity contribution is 5.93. The number of fused-ring (bicyclic) bond motifs is 2. The second-order valence-electron chi connectivity index (χ2n) is 10.3. The van der Waals surface area contributed by atoms with E-state index in [1.165, 1.54) is 11.1 Å². The zero-order valence-corrected chi connectivity index (χ0v) is 20.8. The van der Waals surface area contributed by atoms with Crippen molar-refractivity contribution in [1.82, 2.24) is 19.9 Å². The summed E-state index contributed by atoms with van der Waals surface area (Å²) in [6, 6.07) is 19.5. The van der Waals surface area contributed by atoms with Gasteiger partial charge in [-0.15, -0.1) is 0 Å². The number of aromatic nitrogens is 3. The summed E-state index contributed by atoms with van der Waals surface area (Å²) in [5.74, 6) is 1.89. The molecule has 0 spiro atoms. The number of nitrogens with zero attached hydrogens (tertiary/aromatic N) is 4. The molecule has 4 heterocycles. The molecule has 0 radical (unpaired) electrons. The molecule has 2 aromatic heterocycles. The van der Waals surface area contributed by atoms with Gasteiger partial charge >= 0.3 is 0 Å². The third kappa shape index (κ3) is 3.91. The van der Waals surface area contributed by atoms with Crippen LogP contribution in [0.3, 0.4) is 0 Å². The lowest BCUT2D eigenvalue weighted by molar-refractivity contribution is 0.0909. The molecule has 6 rings (SSSR count). The van der Waals surface area contributed by atoms with Crippen molar-refractivity contribution < 1.29 is 4.74 Å². The van der Waals surface area contributed by atoms with Crippen molar-refractivity contribution in [3.05, 3.63) is 77.6 Å². The standard InChI is InChI=1S/C29H33N5O/c1-20-19-35-17-16-34(20)28-24-13-15-33(18-21-8-5-4-6-9-21)29(2,3)26(24)31-27(32-28)23-10-7-11-25-22(23)12-14-30-25/h4-12,14,20,30H,13,15-19H2,1-3H3/t20-/m1/s1. The van der Waals surface area contributed by atoms with Gasteiger partial charge in [0.25, 0.3) is 0 Å². The van der Waals surface area contributed by atoms with E-state index in [1.54, 1.807) is 0 Å². The van der Waals surface area contributed by atoms with Gasteiger partial charge in [0, 0.05) is 47.9 Å². The molecule has 1 atom stereocenters. The molecule has 0 unspecified atom stereocenters. The molecule has 0 amide bonds. The Labute approximate surface area is 207 Å². The molecule has 2 aromatic carbocycles. The number of ether oxygens (including phenoxy) is 1. The van der Waals surface area contributed by atoms with Gasteiger partial charge in [0.15, 0.2) is 5.82 Å². The van der Waals surface area contributed by atoms with Gasteiger partial charge in [-0.25, -0.2) is 9.97 Å². The first-order valence-electron chi connectivity index (χ1n) is 12.6. The number of benzene rings is 2. The highest BCUT2D eigenvalue weighted by atomic mass is 16.5. The maximum atomic E-state index is 5.77. The quantitative estimate of drug-likeness (QED) is 0.450. The van der Waals surface area contributed by atoms with Crippen molar-refractivity contribution in [1.29, 1.82) is 0 Å². The van der Waals surface area contributed by atoms with Gasteiger partial charge in [0.1, 0.15) is 5.82 Å². The van der Waals surface area contributed by atoms with E-state index in [0.29, 0.717) is 0 Å². The van der Waals surface area contributed by atoms with E-state index in [-0.39, 0.29) is 11.6 Å². The largest absolute Gasteiger partial charge is 0.377 e. The molecule has 1 N–H and O–H groups in total. The minimum atomic E-state index is -0.225. The summed E-state index contributed by atoms with van der Waals surface area (Å²) in [6.45, 7) is 11.1. The van der Waals surface area contributed by atoms with Crippen LogP contribution in [-0.2, 0) is 23.2 Å². The van der Waals surface area contributed by atoms with Crippen molar-refractivity contribution in [2.24, 2.45) is 0 Å². The van der Waals surface area contributed by atoms with Crippen molar-refractivity contribution in [3.63, 3.8) is 0 Å². The molecule has 2 aliphatic rings. The van der Waals surface area contributed by atoms with Crippen LogP contribution in [0.25, 0.3) is 22.3 Å². The molecular weight excluding hydrogens is 434 g/mol. The predicted octanol–water partition coefficient (Wildman–Crippen LogP) is 5.14. The first kappa shape index (κ1) is 22.3. The van der Waals surface area contributed by atoms with E-state index >= 15 is 0 Å². The first-order chi connectivity index (χ1) is 17.0. The number of aromatic amines is 1. The molecule has 6 heteroatoms. The number of nitrogens with one attached hydrogen (secondary N) is 1. The summed E-state index contributed by atoms with van der Waals surface area (Å²) in [4.78, 5) is 18.9. The minimum Gasteiger partial charge on any atom is -0.377 e. The fraction of sp³-hybridized carbons (Fsp3) is 0.379. The Kier molecular flexibility index (Phi) is 5.58. The summed E-state index contributed by atoms with van der Waals surface area (Å²) < 4.78 is 5.77. The molecule has 0 bridgehead atoms. The third-order valence-corrected chi connectivity index (χ3v) is 7.68. The van der Waals surface area contributed by atoms with Crippen molar-refractivity contribution in [3.8, 4) is 11.4 Å². The molecule has 180 valence electrons. The van der Waals surface area contributed by atoms with Crippen molar-refractivity contribution in [2.45, 2.75) is 45.3 Å². The number of hydrogen-bond donors (Lipinski definition) is 1. The van der Waals surface area contributed by atoms with Crippen LogP contribution in [0.1, 0.15) is 37.6 Å². The lowest BCUT2D eigenvalue weighted by Gasteiger charge is -2.45. The van der Waals surface area contributed by atoms with Crippen LogP contribution in [0.2, 0.25) is 0 Å². The number of rotatable bonds is 4. The Balaban J connectivity index is 1.51. The van der Waals surface area contributed by atoms with E-state index in [0.717, 1.165) is 73.1 Å². The molecule has 4 aromatic rings. The minimum absolute atomic E-state index is 0.225. The average molecular weight is 468 g/mol. The van der Waals surface area contributed by atoms with Gasteiger partial charge in [-0.05, 0) is 44.9 Å². The fourth-order valence-corrected chi connectivity index (χ4v) is 5.65. The van der Waals surface area contributed by atoms with Crippen LogP contribution in [-0.4, -0.2) is 52.2 Å². The van der Waals surface area contributed by atoms with Crippen molar-refractivity contribution >= 4 is 16.7 Å². The van der Waals surface area contributed by atoms with E-state index in [9.17, 15) is 0 Å². The third-order valence-electron chi connectivity index (χ3n) is 7.68. The number of H-pyrrole nitrogens is 1. The number of hydrogen-bond acceptors (Lipinski definition) is 5. The molecule has 1 saturated heterocycles. The monoisotopic (exact) mass is 467 g/mol. The fourth-order valence-electron chi connectivity index (χ4n) is 5.65. The number of anilines is 1. The molecule has 2 aliphatic heterocycles. The SMILES string of the molecule is C[C@@H]1COCCN1c1nc(-c2cccc3[nH]ccc23)nc2c1CCN(Cc1ccccc1)C2(C)C. The Bertz CT molecular complexity index is 1350. The maximum absolute atomic E-state index is 5.77. The second-order valence-corrected chi connectivity index (χ2v) is 10.3. The van der Waals surface area contributed by atoms with Gasteiger partial charge in [0.2, 0.25) is 0 Å². The van der Waals surface area contributed by atoms with E-state index in [2.05, 4.69) is 90.2 Å². The average Bonchev–Trinajstić information content (AvgIpc) is 3.36. The predicted molar refractivity (Wildman–Crippen MR) is 141 cm³/mol. The molecule has 0 saturated carbocycles. The van der Waals surface area contributed by atoms with Gasteiger partial charge in [-0.3, -0.25) is 4.90 Å². The van der Waals surface area contributed by atoms with Gasteiger partial charge in [-0.1, -0.05) is 42.5 Å². The van der Waals surface area contributed by atoms with Crippen LogP contribution in [0.15, 0.2) is 60.8 Å². The van der Waals surface area contributed by atoms with Crippen LogP contribution < -0.4 is 4.90 Å². The zero-order valence-electron chi connectivity index (χ0n) is 20.8. The molecule has 1 fully saturated rings. The lowest BCUT2D eigenvalue weighted by atomic mass is 9.86. The summed E-state index contributed by atoms with van der Waals surface area (Å²) in [5.41, 5.74) is 5.72. The normalized spacial score (nSPS) is 20.2. The lowest BCUT2D eigenvalue weighted by Crippen LogP contribution is -2.49. The first-order valence-corrected chi connectivity index (χ1v) is 12.6. The van der Waals surface area contributed by atoms with E-state index < -0.39 is 0 Å². The van der Waals surface area contributed by atoms with Gasteiger partial charge < -0.3 is 14.6 Å². The maximum Gasteiger partial charge on any atom is 0.162 e. The van der Waals surface area contributed by atoms with E-state index in [4.69, 9.17) is 14.7 Å². The highest BCUT2D eigenvalue weighted by Gasteiger charge is 2.39. The summed E-state index contributed by atoms with van der Waals surface area (Å²) >= 11 is 0. The zero-order chi connectivity index (χ0) is 24.0. The van der Waals surface area contributed by atoms with Gasteiger partial charge in [-0.2, -0.15) is 0 Å². The van der Waals surface area contributed by atoms with Crippen LogP contribution in [0.4, 0.5) is 5.82 Å². The summed E-state index contributed by atoms with van der Waals surface area (Å²) in [7, 11) is 0.